The molecular formula is C18H21N. The molecule has 0 aliphatic carbocycles. The average Bonchev–Trinajstić information content (AvgIpc) is 2.49. The van der Waals surface area contributed by atoms with Crippen molar-refractivity contribution in [3.8, 4) is 0 Å². The summed E-state index contributed by atoms with van der Waals surface area (Å²) in [6.07, 6.45) is 4.95. The molecule has 2 aromatic rings. The smallest absolute Gasteiger partial charge is 0.0398 e. The molecule has 1 heterocycles. The predicted molar refractivity (Wildman–Crippen MR) is 81.7 cm³/mol. The van der Waals surface area contributed by atoms with Crippen molar-refractivity contribution in [2.24, 2.45) is 0 Å². The Morgan fingerprint density at radius 1 is 0.895 bits per heavy atom. The van der Waals surface area contributed by atoms with Gasteiger partial charge in [-0.3, -0.25) is 0 Å². The molecule has 0 saturated carbocycles. The minimum Gasteiger partial charge on any atom is -0.371 e. The molecule has 0 saturated heterocycles. The lowest BCUT2D eigenvalue weighted by Crippen LogP contribution is -2.30. The van der Waals surface area contributed by atoms with Crippen LogP contribution in [0.15, 0.2) is 54.6 Å². The summed E-state index contributed by atoms with van der Waals surface area (Å²) in [7, 11) is 0. The van der Waals surface area contributed by atoms with Crippen molar-refractivity contribution >= 4 is 5.69 Å². The van der Waals surface area contributed by atoms with E-state index in [1.165, 1.54) is 55.6 Å². The van der Waals surface area contributed by atoms with E-state index in [9.17, 15) is 0 Å². The maximum atomic E-state index is 2.56. The van der Waals surface area contributed by atoms with Crippen molar-refractivity contribution in [3.05, 3.63) is 65.7 Å². The lowest BCUT2D eigenvalue weighted by molar-refractivity contribution is 0.664. The first kappa shape index (κ1) is 12.3. The van der Waals surface area contributed by atoms with Crippen LogP contribution >= 0.6 is 0 Å². The summed E-state index contributed by atoms with van der Waals surface area (Å²) in [6, 6.07) is 19.7. The van der Waals surface area contributed by atoms with E-state index < -0.39 is 0 Å². The number of anilines is 1. The van der Waals surface area contributed by atoms with Crippen molar-refractivity contribution < 1.29 is 0 Å². The van der Waals surface area contributed by atoms with E-state index in [1.54, 1.807) is 0 Å². The highest BCUT2D eigenvalue weighted by Crippen LogP contribution is 2.26. The summed E-state index contributed by atoms with van der Waals surface area (Å²) in [6.45, 7) is 2.39. The van der Waals surface area contributed by atoms with Crippen LogP contribution in [0.25, 0.3) is 0 Å². The molecule has 0 unspecified atom stereocenters. The fraction of sp³-hybridized carbons (Fsp3) is 0.333. The monoisotopic (exact) mass is 251 g/mol. The third-order valence-electron chi connectivity index (χ3n) is 3.94. The number of hydrogen-bond donors (Lipinski definition) is 0. The molecule has 0 amide bonds. The molecule has 0 spiro atoms. The van der Waals surface area contributed by atoms with Gasteiger partial charge in [0, 0.05) is 18.8 Å². The van der Waals surface area contributed by atoms with Gasteiger partial charge in [-0.2, -0.15) is 0 Å². The SMILES string of the molecule is c1ccc(CCCN2CCCc3ccccc32)cc1. The van der Waals surface area contributed by atoms with Crippen LogP contribution in [0.5, 0.6) is 0 Å². The van der Waals surface area contributed by atoms with Gasteiger partial charge in [0.15, 0.2) is 0 Å². The van der Waals surface area contributed by atoms with Crippen molar-refractivity contribution in [2.75, 3.05) is 18.0 Å². The van der Waals surface area contributed by atoms with Gasteiger partial charge >= 0.3 is 0 Å². The molecule has 0 N–H and O–H groups in total. The topological polar surface area (TPSA) is 3.24 Å². The van der Waals surface area contributed by atoms with Gasteiger partial charge in [-0.25, -0.2) is 0 Å². The Morgan fingerprint density at radius 2 is 1.68 bits per heavy atom. The van der Waals surface area contributed by atoms with Crippen LogP contribution in [0.2, 0.25) is 0 Å². The van der Waals surface area contributed by atoms with E-state index in [0.29, 0.717) is 0 Å². The normalized spacial score (nSPS) is 14.2. The lowest BCUT2D eigenvalue weighted by Gasteiger charge is -2.31. The summed E-state index contributed by atoms with van der Waals surface area (Å²) >= 11 is 0. The molecule has 0 atom stereocenters. The molecule has 2 aromatic carbocycles. The van der Waals surface area contributed by atoms with Crippen molar-refractivity contribution in [1.29, 1.82) is 0 Å². The zero-order valence-electron chi connectivity index (χ0n) is 11.4. The summed E-state index contributed by atoms with van der Waals surface area (Å²) in [5.41, 5.74) is 4.43. The van der Waals surface area contributed by atoms with Crippen LogP contribution in [0.3, 0.4) is 0 Å². The van der Waals surface area contributed by atoms with Crippen molar-refractivity contribution in [1.82, 2.24) is 0 Å². The first-order valence-electron chi connectivity index (χ1n) is 7.30. The Balaban J connectivity index is 1.59. The van der Waals surface area contributed by atoms with Crippen molar-refractivity contribution in [3.63, 3.8) is 0 Å². The minimum absolute atomic E-state index is 1.17. The van der Waals surface area contributed by atoms with E-state index in [4.69, 9.17) is 0 Å². The standard InChI is InChI=1S/C18H21N/c1-2-8-16(9-3-1)10-6-14-19-15-7-12-17-11-4-5-13-18(17)19/h1-5,8-9,11,13H,6-7,10,12,14-15H2. The summed E-state index contributed by atoms with van der Waals surface area (Å²) in [5.74, 6) is 0. The second-order valence-corrected chi connectivity index (χ2v) is 5.31. The molecule has 0 aromatic heterocycles. The van der Waals surface area contributed by atoms with Crippen LogP contribution in [0, 0.1) is 0 Å². The maximum absolute atomic E-state index is 2.56. The number of aryl methyl sites for hydroxylation is 2. The van der Waals surface area contributed by atoms with Crippen molar-refractivity contribution in [2.45, 2.75) is 25.7 Å². The van der Waals surface area contributed by atoms with Crippen LogP contribution < -0.4 is 4.90 Å². The number of para-hydroxylation sites is 1. The Bertz CT molecular complexity index is 518. The average molecular weight is 251 g/mol. The largest absolute Gasteiger partial charge is 0.371 e. The van der Waals surface area contributed by atoms with E-state index in [1.807, 2.05) is 0 Å². The predicted octanol–water partition coefficient (Wildman–Crippen LogP) is 4.07. The fourth-order valence-corrected chi connectivity index (χ4v) is 2.96. The molecular weight excluding hydrogens is 230 g/mol. The van der Waals surface area contributed by atoms with Gasteiger partial charge in [0.2, 0.25) is 0 Å². The number of fused-ring (bicyclic) bond motifs is 1. The van der Waals surface area contributed by atoms with Crippen LogP contribution in [-0.4, -0.2) is 13.1 Å². The molecule has 1 aliphatic rings. The van der Waals surface area contributed by atoms with Gasteiger partial charge < -0.3 is 4.90 Å². The van der Waals surface area contributed by atoms with Gasteiger partial charge in [-0.15, -0.1) is 0 Å². The molecule has 1 nitrogen and oxygen atoms in total. The highest BCUT2D eigenvalue weighted by molar-refractivity contribution is 5.55. The third-order valence-corrected chi connectivity index (χ3v) is 3.94. The highest BCUT2D eigenvalue weighted by Gasteiger charge is 2.15. The van der Waals surface area contributed by atoms with Crippen LogP contribution in [0.4, 0.5) is 5.69 Å². The highest BCUT2D eigenvalue weighted by atomic mass is 15.1. The van der Waals surface area contributed by atoms with E-state index in [0.717, 1.165) is 0 Å². The lowest BCUT2D eigenvalue weighted by atomic mass is 10.0. The second kappa shape index (κ2) is 5.92. The third kappa shape index (κ3) is 2.98. The molecule has 19 heavy (non-hydrogen) atoms. The zero-order chi connectivity index (χ0) is 12.9. The molecule has 1 aliphatic heterocycles. The summed E-state index contributed by atoms with van der Waals surface area (Å²) < 4.78 is 0. The minimum atomic E-state index is 1.17. The molecule has 98 valence electrons. The molecule has 3 rings (SSSR count). The molecule has 0 fully saturated rings. The maximum Gasteiger partial charge on any atom is 0.0398 e. The Kier molecular flexibility index (Phi) is 3.83. The van der Waals surface area contributed by atoms with Crippen LogP contribution in [0.1, 0.15) is 24.0 Å². The fourth-order valence-electron chi connectivity index (χ4n) is 2.96. The number of hydrogen-bond acceptors (Lipinski definition) is 1. The van der Waals surface area contributed by atoms with Gasteiger partial charge in [-0.05, 0) is 42.9 Å². The van der Waals surface area contributed by atoms with Crippen LogP contribution in [-0.2, 0) is 12.8 Å². The Labute approximate surface area is 115 Å². The van der Waals surface area contributed by atoms with E-state index in [-0.39, 0.29) is 0 Å². The Hall–Kier alpha value is -1.76. The van der Waals surface area contributed by atoms with E-state index in [2.05, 4.69) is 59.5 Å². The molecule has 1 heteroatoms. The first-order chi connectivity index (χ1) is 9.43. The number of benzene rings is 2. The summed E-state index contributed by atoms with van der Waals surface area (Å²) in [4.78, 5) is 2.56. The number of nitrogens with zero attached hydrogens (tertiary/aromatic N) is 1. The zero-order valence-corrected chi connectivity index (χ0v) is 11.4. The Morgan fingerprint density at radius 3 is 2.58 bits per heavy atom. The second-order valence-electron chi connectivity index (χ2n) is 5.31. The van der Waals surface area contributed by atoms with Gasteiger partial charge in [-0.1, -0.05) is 48.5 Å². The van der Waals surface area contributed by atoms with Gasteiger partial charge in [0.05, 0.1) is 0 Å². The molecule has 0 bridgehead atoms. The first-order valence-corrected chi connectivity index (χ1v) is 7.30. The summed E-state index contributed by atoms with van der Waals surface area (Å²) in [5, 5.41) is 0. The van der Waals surface area contributed by atoms with Gasteiger partial charge in [0.1, 0.15) is 0 Å². The van der Waals surface area contributed by atoms with E-state index >= 15 is 0 Å². The quantitative estimate of drug-likeness (QED) is 0.791. The van der Waals surface area contributed by atoms with Gasteiger partial charge in [0.25, 0.3) is 0 Å². The molecule has 0 radical (unpaired) electrons. The number of rotatable bonds is 4.